The van der Waals surface area contributed by atoms with E-state index in [1.165, 1.54) is 12.0 Å². The fourth-order valence-corrected chi connectivity index (χ4v) is 3.05. The van der Waals surface area contributed by atoms with Gasteiger partial charge in [-0.25, -0.2) is 4.79 Å². The lowest BCUT2D eigenvalue weighted by molar-refractivity contribution is -0.143. The Kier molecular flexibility index (Phi) is 4.42. The maximum Gasteiger partial charge on any atom is 0.326 e. The predicted molar refractivity (Wildman–Crippen MR) is 85.7 cm³/mol. The van der Waals surface area contributed by atoms with Crippen LogP contribution in [-0.4, -0.2) is 42.6 Å². The van der Waals surface area contributed by atoms with Crippen molar-refractivity contribution in [3.8, 4) is 5.75 Å². The van der Waals surface area contributed by atoms with Gasteiger partial charge < -0.3 is 20.1 Å². The zero-order chi connectivity index (χ0) is 17.3. The molecule has 0 bridgehead atoms. The molecule has 128 valence electrons. The number of hydrogen-bond donors (Lipinski definition) is 2. The summed E-state index contributed by atoms with van der Waals surface area (Å²) >= 11 is 0. The molecule has 24 heavy (non-hydrogen) atoms. The molecule has 2 aliphatic rings. The number of carbonyl (C=O) groups is 3. The quantitative estimate of drug-likeness (QED) is 0.811. The van der Waals surface area contributed by atoms with Crippen LogP contribution >= 0.6 is 0 Å². The minimum absolute atomic E-state index is 0.00822. The van der Waals surface area contributed by atoms with E-state index in [-0.39, 0.29) is 30.7 Å². The number of ether oxygens (including phenoxy) is 1. The molecular formula is C17H20N2O5. The molecule has 0 radical (unpaired) electrons. The molecule has 1 aromatic rings. The first-order valence-electron chi connectivity index (χ1n) is 7.98. The summed E-state index contributed by atoms with van der Waals surface area (Å²) in [4.78, 5) is 37.5. The van der Waals surface area contributed by atoms with Crippen molar-refractivity contribution in [2.24, 2.45) is 11.8 Å². The Morgan fingerprint density at radius 2 is 2.04 bits per heavy atom. The summed E-state index contributed by atoms with van der Waals surface area (Å²) in [5.41, 5.74) is 0.622. The standard InChI is InChI=1S/C17H20N2O5/c1-24-13-5-3-2-4-12(13)19-9-11(8-14(19)20)16(21)18-15(17(22)23)10-6-7-10/h2-5,10-11,15H,6-9H2,1H3,(H,18,21)(H,22,23). The van der Waals surface area contributed by atoms with Crippen LogP contribution in [0.2, 0.25) is 0 Å². The summed E-state index contributed by atoms with van der Waals surface area (Å²) < 4.78 is 5.27. The van der Waals surface area contributed by atoms with Crippen molar-refractivity contribution in [2.75, 3.05) is 18.6 Å². The lowest BCUT2D eigenvalue weighted by atomic mass is 10.1. The number of benzene rings is 1. The highest BCUT2D eigenvalue weighted by Gasteiger charge is 2.41. The number of para-hydroxylation sites is 2. The molecule has 7 nitrogen and oxygen atoms in total. The molecule has 1 heterocycles. The maximum absolute atomic E-state index is 12.4. The van der Waals surface area contributed by atoms with Gasteiger partial charge in [0.05, 0.1) is 18.7 Å². The third-order valence-corrected chi connectivity index (χ3v) is 4.53. The number of rotatable bonds is 6. The smallest absolute Gasteiger partial charge is 0.326 e. The molecule has 3 rings (SSSR count). The molecule has 1 saturated carbocycles. The Hall–Kier alpha value is -2.57. The zero-order valence-corrected chi connectivity index (χ0v) is 13.4. The van der Waals surface area contributed by atoms with E-state index in [1.807, 2.05) is 0 Å². The molecule has 2 atom stereocenters. The SMILES string of the molecule is COc1ccccc1N1CC(C(=O)NC(C(=O)O)C2CC2)CC1=O. The van der Waals surface area contributed by atoms with E-state index in [0.29, 0.717) is 11.4 Å². The topological polar surface area (TPSA) is 95.9 Å². The normalized spacial score (nSPS) is 21.5. The lowest BCUT2D eigenvalue weighted by Gasteiger charge is -2.20. The average Bonchev–Trinajstić information content (AvgIpc) is 3.33. The van der Waals surface area contributed by atoms with Crippen LogP contribution in [0.3, 0.4) is 0 Å². The van der Waals surface area contributed by atoms with Crippen molar-refractivity contribution in [3.63, 3.8) is 0 Å². The van der Waals surface area contributed by atoms with Crippen LogP contribution in [0.15, 0.2) is 24.3 Å². The highest BCUT2D eigenvalue weighted by Crippen LogP contribution is 2.34. The Bertz CT molecular complexity index is 671. The molecule has 2 unspecified atom stereocenters. The van der Waals surface area contributed by atoms with E-state index >= 15 is 0 Å². The second kappa shape index (κ2) is 6.51. The number of aliphatic carboxylic acids is 1. The Balaban J connectivity index is 1.70. The van der Waals surface area contributed by atoms with Crippen LogP contribution in [0.5, 0.6) is 5.75 Å². The van der Waals surface area contributed by atoms with Crippen molar-refractivity contribution in [2.45, 2.75) is 25.3 Å². The van der Waals surface area contributed by atoms with Gasteiger partial charge in [0, 0.05) is 13.0 Å². The van der Waals surface area contributed by atoms with Gasteiger partial charge in [0.25, 0.3) is 0 Å². The van der Waals surface area contributed by atoms with Crippen molar-refractivity contribution in [1.82, 2.24) is 5.32 Å². The van der Waals surface area contributed by atoms with Gasteiger partial charge in [-0.15, -0.1) is 0 Å². The number of methoxy groups -OCH3 is 1. The Labute approximate surface area is 139 Å². The third-order valence-electron chi connectivity index (χ3n) is 4.53. The highest BCUT2D eigenvalue weighted by molar-refractivity contribution is 6.01. The summed E-state index contributed by atoms with van der Waals surface area (Å²) in [6.45, 7) is 0.224. The minimum Gasteiger partial charge on any atom is -0.495 e. The molecule has 1 aliphatic carbocycles. The number of hydrogen-bond acceptors (Lipinski definition) is 4. The first-order valence-corrected chi connectivity index (χ1v) is 7.98. The van der Waals surface area contributed by atoms with Crippen LogP contribution in [0.4, 0.5) is 5.69 Å². The van der Waals surface area contributed by atoms with Crippen molar-refractivity contribution >= 4 is 23.5 Å². The summed E-state index contributed by atoms with van der Waals surface area (Å²) in [6.07, 6.45) is 1.70. The van der Waals surface area contributed by atoms with Gasteiger partial charge in [-0.3, -0.25) is 9.59 Å². The average molecular weight is 332 g/mol. The Morgan fingerprint density at radius 1 is 1.33 bits per heavy atom. The first-order chi connectivity index (χ1) is 11.5. The van der Waals surface area contributed by atoms with Gasteiger partial charge in [-0.2, -0.15) is 0 Å². The number of amides is 2. The maximum atomic E-state index is 12.4. The number of nitrogens with one attached hydrogen (secondary N) is 1. The van der Waals surface area contributed by atoms with Gasteiger partial charge in [0.15, 0.2) is 0 Å². The van der Waals surface area contributed by atoms with Crippen LogP contribution in [0, 0.1) is 11.8 Å². The molecule has 1 saturated heterocycles. The minimum atomic E-state index is -1.02. The number of nitrogens with zero attached hydrogens (tertiary/aromatic N) is 1. The van der Waals surface area contributed by atoms with E-state index in [9.17, 15) is 19.5 Å². The fourth-order valence-electron chi connectivity index (χ4n) is 3.05. The zero-order valence-electron chi connectivity index (χ0n) is 13.4. The molecule has 1 aliphatic heterocycles. The molecule has 1 aromatic carbocycles. The highest BCUT2D eigenvalue weighted by atomic mass is 16.5. The second-order valence-corrected chi connectivity index (χ2v) is 6.24. The van der Waals surface area contributed by atoms with Gasteiger partial charge >= 0.3 is 5.97 Å². The predicted octanol–water partition coefficient (Wildman–Crippen LogP) is 1.03. The molecule has 2 amide bonds. The lowest BCUT2D eigenvalue weighted by Crippen LogP contribution is -2.45. The van der Waals surface area contributed by atoms with Gasteiger partial charge in [0.2, 0.25) is 11.8 Å². The van der Waals surface area contributed by atoms with E-state index in [1.54, 1.807) is 24.3 Å². The molecule has 0 spiro atoms. The van der Waals surface area contributed by atoms with E-state index in [2.05, 4.69) is 5.32 Å². The molecule has 7 heteroatoms. The fraction of sp³-hybridized carbons (Fsp3) is 0.471. The summed E-state index contributed by atoms with van der Waals surface area (Å²) in [5, 5.41) is 11.8. The van der Waals surface area contributed by atoms with Gasteiger partial charge in [-0.05, 0) is 30.9 Å². The largest absolute Gasteiger partial charge is 0.495 e. The van der Waals surface area contributed by atoms with Crippen LogP contribution in [-0.2, 0) is 14.4 Å². The summed E-state index contributed by atoms with van der Waals surface area (Å²) in [6, 6.07) is 6.27. The summed E-state index contributed by atoms with van der Waals surface area (Å²) in [5.74, 6) is -1.54. The number of carboxylic acid groups (broad SMARTS) is 1. The third kappa shape index (κ3) is 3.20. The van der Waals surface area contributed by atoms with Crippen LogP contribution < -0.4 is 15.0 Å². The van der Waals surface area contributed by atoms with Crippen LogP contribution in [0.25, 0.3) is 0 Å². The first kappa shape index (κ1) is 16.3. The van der Waals surface area contributed by atoms with Crippen molar-refractivity contribution in [1.29, 1.82) is 0 Å². The van der Waals surface area contributed by atoms with Gasteiger partial charge in [0.1, 0.15) is 11.8 Å². The summed E-state index contributed by atoms with van der Waals surface area (Å²) in [7, 11) is 1.52. The van der Waals surface area contributed by atoms with Crippen molar-refractivity contribution in [3.05, 3.63) is 24.3 Å². The van der Waals surface area contributed by atoms with Gasteiger partial charge in [-0.1, -0.05) is 12.1 Å². The Morgan fingerprint density at radius 3 is 2.67 bits per heavy atom. The van der Waals surface area contributed by atoms with E-state index < -0.39 is 17.9 Å². The molecular weight excluding hydrogens is 312 g/mol. The monoisotopic (exact) mass is 332 g/mol. The van der Waals surface area contributed by atoms with E-state index in [4.69, 9.17) is 4.74 Å². The van der Waals surface area contributed by atoms with Crippen molar-refractivity contribution < 1.29 is 24.2 Å². The van der Waals surface area contributed by atoms with E-state index in [0.717, 1.165) is 12.8 Å². The molecule has 2 N–H and O–H groups in total. The molecule has 2 fully saturated rings. The number of anilines is 1. The second-order valence-electron chi connectivity index (χ2n) is 6.24. The number of carboxylic acids is 1. The molecule has 0 aromatic heterocycles. The number of carbonyl (C=O) groups excluding carboxylic acids is 2. The van der Waals surface area contributed by atoms with Crippen LogP contribution in [0.1, 0.15) is 19.3 Å².